The molecule has 0 radical (unpaired) electrons. The number of benzene rings is 1. The molecule has 0 saturated carbocycles. The maximum absolute atomic E-state index is 11.1. The Morgan fingerprint density at radius 3 is 2.47 bits per heavy atom. The molecule has 2 heterocycles. The fourth-order valence-electron chi connectivity index (χ4n) is 2.21. The lowest BCUT2D eigenvalue weighted by Gasteiger charge is -2.10. The number of hydrogen-bond donors (Lipinski definition) is 0. The van der Waals surface area contributed by atoms with Crippen LogP contribution < -0.4 is 9.47 Å². The highest BCUT2D eigenvalue weighted by atomic mass is 79.9. The number of rotatable bonds is 1. The van der Waals surface area contributed by atoms with E-state index >= 15 is 0 Å². The lowest BCUT2D eigenvalue weighted by molar-refractivity contribution is 0.111. The third-order valence-corrected chi connectivity index (χ3v) is 3.74. The molecule has 0 atom stereocenters. The molecule has 1 aromatic rings. The smallest absolute Gasteiger partial charge is 0.154 e. The van der Waals surface area contributed by atoms with Crippen molar-refractivity contribution in [1.29, 1.82) is 0 Å². The Morgan fingerprint density at radius 1 is 1.07 bits per heavy atom. The molecule has 15 heavy (non-hydrogen) atoms. The molecule has 0 spiro atoms. The zero-order valence-corrected chi connectivity index (χ0v) is 9.59. The zero-order valence-electron chi connectivity index (χ0n) is 8.01. The number of hydrogen-bond acceptors (Lipinski definition) is 3. The molecule has 4 heteroatoms. The quantitative estimate of drug-likeness (QED) is 0.733. The van der Waals surface area contributed by atoms with Gasteiger partial charge in [0.25, 0.3) is 0 Å². The summed E-state index contributed by atoms with van der Waals surface area (Å²) in [5, 5.41) is 0. The van der Waals surface area contributed by atoms with E-state index in [4.69, 9.17) is 9.47 Å². The predicted octanol–water partition coefficient (Wildman–Crippen LogP) is 2.13. The first-order chi connectivity index (χ1) is 7.33. The summed E-state index contributed by atoms with van der Waals surface area (Å²) in [4.78, 5) is 11.1. The van der Waals surface area contributed by atoms with Crippen molar-refractivity contribution in [3.05, 3.63) is 21.2 Å². The molecule has 0 amide bonds. The van der Waals surface area contributed by atoms with E-state index in [0.717, 1.165) is 46.2 Å². The third-order valence-electron chi connectivity index (χ3n) is 2.90. The fourth-order valence-corrected chi connectivity index (χ4v) is 2.94. The van der Waals surface area contributed by atoms with Crippen molar-refractivity contribution >= 4 is 22.2 Å². The van der Waals surface area contributed by atoms with Crippen LogP contribution in [0.3, 0.4) is 0 Å². The van der Waals surface area contributed by atoms with Gasteiger partial charge in [0.15, 0.2) is 6.29 Å². The van der Waals surface area contributed by atoms with Gasteiger partial charge in [0.2, 0.25) is 0 Å². The summed E-state index contributed by atoms with van der Waals surface area (Å²) in [6.45, 7) is 1.30. The molecule has 1 aromatic carbocycles. The van der Waals surface area contributed by atoms with Gasteiger partial charge < -0.3 is 9.47 Å². The Labute approximate surface area is 95.5 Å². The number of ether oxygens (including phenoxy) is 2. The van der Waals surface area contributed by atoms with Gasteiger partial charge in [-0.15, -0.1) is 0 Å². The Morgan fingerprint density at radius 2 is 1.73 bits per heavy atom. The molecule has 0 aromatic heterocycles. The minimum Gasteiger partial charge on any atom is -0.492 e. The van der Waals surface area contributed by atoms with Gasteiger partial charge in [-0.25, -0.2) is 0 Å². The van der Waals surface area contributed by atoms with E-state index in [9.17, 15) is 4.79 Å². The van der Waals surface area contributed by atoms with Crippen LogP contribution in [0.2, 0.25) is 0 Å². The highest BCUT2D eigenvalue weighted by Crippen LogP contribution is 2.46. The van der Waals surface area contributed by atoms with Crippen LogP contribution in [-0.4, -0.2) is 19.5 Å². The number of aldehydes is 1. The van der Waals surface area contributed by atoms with E-state index < -0.39 is 0 Å². The van der Waals surface area contributed by atoms with Crippen LogP contribution in [0.15, 0.2) is 4.47 Å². The highest BCUT2D eigenvalue weighted by molar-refractivity contribution is 9.10. The maximum atomic E-state index is 11.1. The van der Waals surface area contributed by atoms with Gasteiger partial charge in [-0.2, -0.15) is 0 Å². The van der Waals surface area contributed by atoms with Crippen molar-refractivity contribution < 1.29 is 14.3 Å². The molecule has 0 aliphatic carbocycles. The molecule has 2 aliphatic rings. The molecule has 78 valence electrons. The predicted molar refractivity (Wildman–Crippen MR) is 57.9 cm³/mol. The largest absolute Gasteiger partial charge is 0.492 e. The number of carbonyl (C=O) groups excluding carboxylic acids is 1. The van der Waals surface area contributed by atoms with Gasteiger partial charge >= 0.3 is 0 Å². The van der Waals surface area contributed by atoms with E-state index in [1.807, 2.05) is 0 Å². The second kappa shape index (κ2) is 3.23. The number of fused-ring (bicyclic) bond motifs is 2. The topological polar surface area (TPSA) is 35.5 Å². The molecular formula is C11H9BrO3. The Kier molecular flexibility index (Phi) is 1.99. The second-order valence-corrected chi connectivity index (χ2v) is 4.45. The van der Waals surface area contributed by atoms with Crippen molar-refractivity contribution in [2.75, 3.05) is 13.2 Å². The third kappa shape index (κ3) is 1.14. The molecule has 0 bridgehead atoms. The average molecular weight is 269 g/mol. The van der Waals surface area contributed by atoms with Crippen LogP contribution in [0, 0.1) is 0 Å². The van der Waals surface area contributed by atoms with Crippen molar-refractivity contribution in [2.45, 2.75) is 12.8 Å². The first-order valence-electron chi connectivity index (χ1n) is 4.91. The van der Waals surface area contributed by atoms with Crippen molar-refractivity contribution in [3.63, 3.8) is 0 Å². The Bertz CT molecular complexity index is 419. The summed E-state index contributed by atoms with van der Waals surface area (Å²) in [6.07, 6.45) is 2.51. The summed E-state index contributed by atoms with van der Waals surface area (Å²) < 4.78 is 12.0. The Balaban J connectivity index is 2.35. The molecule has 3 rings (SSSR count). The molecule has 0 N–H and O–H groups in total. The molecule has 3 nitrogen and oxygen atoms in total. The van der Waals surface area contributed by atoms with E-state index in [1.54, 1.807) is 0 Å². The van der Waals surface area contributed by atoms with Gasteiger partial charge in [-0.05, 0) is 15.9 Å². The molecular weight excluding hydrogens is 260 g/mol. The van der Waals surface area contributed by atoms with E-state index in [0.29, 0.717) is 18.8 Å². The Hall–Kier alpha value is -1.03. The van der Waals surface area contributed by atoms with Crippen LogP contribution >= 0.6 is 15.9 Å². The van der Waals surface area contributed by atoms with Gasteiger partial charge in [0, 0.05) is 24.0 Å². The van der Waals surface area contributed by atoms with E-state index in [1.165, 1.54) is 0 Å². The maximum Gasteiger partial charge on any atom is 0.154 e. The summed E-state index contributed by atoms with van der Waals surface area (Å²) in [6, 6.07) is 0. The molecule has 0 saturated heterocycles. The van der Waals surface area contributed by atoms with Gasteiger partial charge in [0.1, 0.15) is 11.5 Å². The van der Waals surface area contributed by atoms with Gasteiger partial charge in [-0.1, -0.05) is 0 Å². The highest BCUT2D eigenvalue weighted by Gasteiger charge is 2.29. The van der Waals surface area contributed by atoms with Crippen LogP contribution in [0.1, 0.15) is 21.5 Å². The normalized spacial score (nSPS) is 16.6. The van der Waals surface area contributed by atoms with Crippen LogP contribution in [-0.2, 0) is 12.8 Å². The summed E-state index contributed by atoms with van der Waals surface area (Å²) in [5.41, 5.74) is 2.73. The first-order valence-corrected chi connectivity index (χ1v) is 5.70. The first kappa shape index (κ1) is 9.21. The van der Waals surface area contributed by atoms with E-state index in [2.05, 4.69) is 15.9 Å². The summed E-state index contributed by atoms with van der Waals surface area (Å²) in [7, 11) is 0. The average Bonchev–Trinajstić information content (AvgIpc) is 2.85. The number of carbonyl (C=O) groups is 1. The summed E-state index contributed by atoms with van der Waals surface area (Å²) >= 11 is 3.53. The zero-order chi connectivity index (χ0) is 10.4. The molecule has 0 fully saturated rings. The second-order valence-electron chi connectivity index (χ2n) is 3.66. The van der Waals surface area contributed by atoms with Crippen LogP contribution in [0.5, 0.6) is 11.5 Å². The molecule has 2 aliphatic heterocycles. The van der Waals surface area contributed by atoms with Gasteiger partial charge in [0.05, 0.1) is 23.2 Å². The van der Waals surface area contributed by atoms with Crippen LogP contribution in [0.4, 0.5) is 0 Å². The lowest BCUT2D eigenvalue weighted by atomic mass is 10.0. The van der Waals surface area contributed by atoms with Crippen molar-refractivity contribution in [2.24, 2.45) is 0 Å². The van der Waals surface area contributed by atoms with Crippen molar-refractivity contribution in [1.82, 2.24) is 0 Å². The van der Waals surface area contributed by atoms with E-state index in [-0.39, 0.29) is 0 Å². The van der Waals surface area contributed by atoms with Crippen LogP contribution in [0.25, 0.3) is 0 Å². The minimum absolute atomic E-state index is 0.650. The molecule has 0 unspecified atom stereocenters. The monoisotopic (exact) mass is 268 g/mol. The fraction of sp³-hybridized carbons (Fsp3) is 0.364. The van der Waals surface area contributed by atoms with Gasteiger partial charge in [-0.3, -0.25) is 4.79 Å². The SMILES string of the molecule is O=Cc1c2c(c(Br)c3c1OCC3)OCC2. The summed E-state index contributed by atoms with van der Waals surface area (Å²) in [5.74, 6) is 1.59. The minimum atomic E-state index is 0.650. The standard InChI is InChI=1S/C11H9BrO3/c12-9-7-2-4-14-10(7)8(5-13)6-1-3-15-11(6)9/h5H,1-4H2. The van der Waals surface area contributed by atoms with Crippen molar-refractivity contribution in [3.8, 4) is 11.5 Å². The number of halogens is 1. The lowest BCUT2D eigenvalue weighted by Crippen LogP contribution is -1.95.